The van der Waals surface area contributed by atoms with Crippen molar-refractivity contribution in [3.05, 3.63) is 320 Å². The van der Waals surface area contributed by atoms with E-state index in [0.29, 0.717) is 25.5 Å². The molecule has 0 spiro atoms. The third-order valence-corrected chi connectivity index (χ3v) is 16.9. The van der Waals surface area contributed by atoms with Gasteiger partial charge in [0.05, 0.1) is 38.3 Å². The van der Waals surface area contributed by atoms with Crippen LogP contribution in [0.5, 0.6) is 23.0 Å². The van der Waals surface area contributed by atoms with Gasteiger partial charge in [0.2, 0.25) is 0 Å². The fourth-order valence-corrected chi connectivity index (χ4v) is 11.7. The minimum Gasteiger partial charge on any atom is -0.497 e. The lowest BCUT2D eigenvalue weighted by molar-refractivity contribution is 0.311. The Bertz CT molecular complexity index is 5050. The van der Waals surface area contributed by atoms with Crippen molar-refractivity contribution in [3.8, 4) is 56.8 Å². The molecular formula is C85H77FN10O4. The number of aromatic amines is 3. The standard InChI is InChI=1S/C30H29N3O2.C28H24FN3O.C27H24N4O/c1-34-25-14-12-23(13-15-25)21-32-28-16-17-31-30-27(28)20-29(33-30)24-10-5-11-26(19-24)35-18-6-9-22-7-3-2-4-8-22;29-22-11-5-12-23(18-22)31-26-14-15-30-28-25(26)19-27(32-28)21-10-4-13-24(17-21)33-16-6-9-20-7-2-1-3-8-20;1-2-8-20(9-3-1)10-7-17-32-22-12-6-11-21(18-22)25-19-23-24(14-16-29-27(23)31-25)30-26-13-4-5-15-28-26/h2-5,7-8,10-17,19-20H,6,9,18,21H2,1H3,(H2,31,32,33);1-5,7-8,10-15,17-19H,6,9,16H2,(H2,30,31,32);1-6,8-9,11-16,18-19H,7,10,17H2,(H2,28,29,30,31). The van der Waals surface area contributed by atoms with E-state index in [0.717, 1.165) is 158 Å². The summed E-state index contributed by atoms with van der Waals surface area (Å²) in [6.45, 7) is 2.75. The van der Waals surface area contributed by atoms with Crippen molar-refractivity contribution < 1.29 is 23.3 Å². The maximum Gasteiger partial charge on any atom is 0.139 e. The molecule has 498 valence electrons. The van der Waals surface area contributed by atoms with Crippen molar-refractivity contribution in [3.63, 3.8) is 0 Å². The molecule has 0 radical (unpaired) electrons. The maximum absolute atomic E-state index is 13.6. The Morgan fingerprint density at radius 1 is 0.350 bits per heavy atom. The van der Waals surface area contributed by atoms with Crippen molar-refractivity contribution >= 4 is 61.7 Å². The second-order valence-corrected chi connectivity index (χ2v) is 24.0. The number of nitrogens with zero attached hydrogens (tertiary/aromatic N) is 4. The summed E-state index contributed by atoms with van der Waals surface area (Å²) >= 11 is 0. The van der Waals surface area contributed by atoms with Crippen LogP contribution in [0.3, 0.4) is 0 Å². The van der Waals surface area contributed by atoms with Gasteiger partial charge in [0, 0.05) is 92.6 Å². The number of pyridine rings is 4. The van der Waals surface area contributed by atoms with Crippen LogP contribution >= 0.6 is 0 Å². The average molecular weight is 1320 g/mol. The zero-order chi connectivity index (χ0) is 67.9. The highest BCUT2D eigenvalue weighted by atomic mass is 19.1. The normalized spacial score (nSPS) is 10.9. The molecule has 0 aliphatic heterocycles. The van der Waals surface area contributed by atoms with Crippen molar-refractivity contribution in [2.45, 2.75) is 45.1 Å². The van der Waals surface area contributed by atoms with Crippen molar-refractivity contribution in [1.82, 2.24) is 34.9 Å². The van der Waals surface area contributed by atoms with Crippen LogP contribution in [0.15, 0.2) is 292 Å². The zero-order valence-electron chi connectivity index (χ0n) is 55.6. The van der Waals surface area contributed by atoms with Gasteiger partial charge in [-0.15, -0.1) is 0 Å². The second kappa shape index (κ2) is 33.5. The number of anilines is 5. The van der Waals surface area contributed by atoms with Crippen LogP contribution in [0.2, 0.25) is 0 Å². The third kappa shape index (κ3) is 18.1. The van der Waals surface area contributed by atoms with E-state index in [2.05, 4.69) is 178 Å². The molecule has 8 aromatic carbocycles. The highest BCUT2D eigenvalue weighted by Gasteiger charge is 2.14. The fourth-order valence-electron chi connectivity index (χ4n) is 11.7. The highest BCUT2D eigenvalue weighted by Crippen LogP contribution is 2.35. The Morgan fingerprint density at radius 3 is 1.22 bits per heavy atom. The van der Waals surface area contributed by atoms with Gasteiger partial charge in [-0.2, -0.15) is 0 Å². The predicted molar refractivity (Wildman–Crippen MR) is 403 cm³/mol. The van der Waals surface area contributed by atoms with Gasteiger partial charge >= 0.3 is 0 Å². The topological polar surface area (TPSA) is 172 Å². The number of halogens is 1. The summed E-state index contributed by atoms with van der Waals surface area (Å²) < 4.78 is 36.9. The first kappa shape index (κ1) is 66.1. The van der Waals surface area contributed by atoms with E-state index in [-0.39, 0.29) is 5.82 Å². The van der Waals surface area contributed by atoms with E-state index in [4.69, 9.17) is 18.9 Å². The minimum atomic E-state index is -0.277. The number of ether oxygens (including phenoxy) is 4. The van der Waals surface area contributed by atoms with Crippen LogP contribution in [0.4, 0.5) is 33.0 Å². The fraction of sp³-hybridized carbons (Fsp3) is 0.129. The summed E-state index contributed by atoms with van der Waals surface area (Å²) in [7, 11) is 1.68. The first-order chi connectivity index (χ1) is 49.4. The molecule has 0 fully saturated rings. The quantitative estimate of drug-likeness (QED) is 0.0285. The summed E-state index contributed by atoms with van der Waals surface area (Å²) in [6.07, 6.45) is 13.1. The van der Waals surface area contributed by atoms with Gasteiger partial charge in [-0.25, -0.2) is 24.3 Å². The van der Waals surface area contributed by atoms with Gasteiger partial charge in [-0.1, -0.05) is 152 Å². The van der Waals surface area contributed by atoms with E-state index in [1.165, 1.54) is 34.4 Å². The SMILES string of the molecule is COc1ccc(CNc2ccnc3[nH]c(-c4cccc(OCCCc5ccccc5)c4)cc23)cc1.Fc1cccc(Nc2ccnc3[nH]c(-c4cccc(OCCCc5ccccc5)c4)cc23)c1.c1ccc(CCCOc2cccc(-c3cc4c(Nc5ccccn5)ccnc4[nH]3)c2)cc1. The Hall–Kier alpha value is -12.5. The van der Waals surface area contributed by atoms with Gasteiger partial charge in [0.15, 0.2) is 0 Å². The molecule has 0 unspecified atom stereocenters. The van der Waals surface area contributed by atoms with E-state index in [9.17, 15) is 4.39 Å². The molecule has 0 aliphatic rings. The molecule has 0 atom stereocenters. The van der Waals surface area contributed by atoms with Gasteiger partial charge < -0.3 is 49.8 Å². The van der Waals surface area contributed by atoms with Crippen LogP contribution in [0, 0.1) is 5.82 Å². The molecule has 7 heterocycles. The summed E-state index contributed by atoms with van der Waals surface area (Å²) in [5, 5.41) is 13.2. The number of hydrogen-bond acceptors (Lipinski definition) is 11. The van der Waals surface area contributed by atoms with E-state index < -0.39 is 0 Å². The van der Waals surface area contributed by atoms with E-state index >= 15 is 0 Å². The number of aromatic nitrogens is 7. The van der Waals surface area contributed by atoms with Crippen LogP contribution in [0.25, 0.3) is 66.9 Å². The first-order valence-electron chi connectivity index (χ1n) is 33.7. The van der Waals surface area contributed by atoms with Crippen molar-refractivity contribution in [2.24, 2.45) is 0 Å². The average Bonchev–Trinajstić information content (AvgIpc) is 1.67. The second-order valence-electron chi connectivity index (χ2n) is 24.0. The molecule has 6 N–H and O–H groups in total. The highest BCUT2D eigenvalue weighted by molar-refractivity contribution is 5.96. The third-order valence-electron chi connectivity index (χ3n) is 16.9. The smallest absolute Gasteiger partial charge is 0.139 e. The van der Waals surface area contributed by atoms with Gasteiger partial charge in [0.25, 0.3) is 0 Å². The zero-order valence-corrected chi connectivity index (χ0v) is 55.6. The van der Waals surface area contributed by atoms with Crippen molar-refractivity contribution in [2.75, 3.05) is 42.9 Å². The number of aryl methyl sites for hydroxylation is 3. The van der Waals surface area contributed by atoms with Crippen molar-refractivity contribution in [1.29, 1.82) is 0 Å². The molecule has 0 saturated heterocycles. The number of rotatable bonds is 26. The molecular weight excluding hydrogens is 1240 g/mol. The van der Waals surface area contributed by atoms with E-state index in [1.54, 1.807) is 31.8 Å². The molecule has 15 heteroatoms. The predicted octanol–water partition coefficient (Wildman–Crippen LogP) is 20.4. The molecule has 0 bridgehead atoms. The minimum absolute atomic E-state index is 0.277. The molecule has 0 aliphatic carbocycles. The molecule has 15 aromatic rings. The molecule has 7 aromatic heterocycles. The van der Waals surface area contributed by atoms with Crippen LogP contribution in [-0.2, 0) is 25.8 Å². The number of methoxy groups -OCH3 is 1. The number of H-pyrrole nitrogens is 3. The lowest BCUT2D eigenvalue weighted by atomic mass is 10.1. The molecule has 0 amide bonds. The largest absolute Gasteiger partial charge is 0.497 e. The van der Waals surface area contributed by atoms with Crippen LogP contribution in [-0.4, -0.2) is 61.8 Å². The van der Waals surface area contributed by atoms with E-state index in [1.807, 2.05) is 128 Å². The Balaban J connectivity index is 0.000000135. The number of benzene rings is 8. The van der Waals surface area contributed by atoms with Gasteiger partial charge in [-0.05, 0) is 176 Å². The number of fused-ring (bicyclic) bond motifs is 3. The summed E-state index contributed by atoms with van der Waals surface area (Å²) in [4.78, 5) is 28.1. The van der Waals surface area contributed by atoms with Gasteiger partial charge in [-0.3, -0.25) is 0 Å². The molecule has 14 nitrogen and oxygen atoms in total. The monoisotopic (exact) mass is 1320 g/mol. The molecule has 0 saturated carbocycles. The summed E-state index contributed by atoms with van der Waals surface area (Å²) in [5.41, 5.74) is 17.3. The Labute approximate surface area is 581 Å². The molecule has 100 heavy (non-hydrogen) atoms. The number of nitrogens with one attached hydrogen (secondary N) is 6. The van der Waals surface area contributed by atoms with Gasteiger partial charge in [0.1, 0.15) is 51.6 Å². The van der Waals surface area contributed by atoms with Crippen LogP contribution in [0.1, 0.15) is 41.5 Å². The Morgan fingerprint density at radius 2 is 0.780 bits per heavy atom. The summed E-state index contributed by atoms with van der Waals surface area (Å²) in [6, 6.07) is 88.4. The first-order valence-corrected chi connectivity index (χ1v) is 33.7. The Kier molecular flexibility index (Phi) is 22.1. The van der Waals surface area contributed by atoms with Crippen LogP contribution < -0.4 is 34.9 Å². The lowest BCUT2D eigenvalue weighted by Crippen LogP contribution is -2.00. The maximum atomic E-state index is 13.6. The lowest BCUT2D eigenvalue weighted by Gasteiger charge is -2.08. The number of hydrogen-bond donors (Lipinski definition) is 6. The summed E-state index contributed by atoms with van der Waals surface area (Å²) in [5.74, 6) is 3.96. The molecule has 15 rings (SSSR count).